The van der Waals surface area contributed by atoms with Crippen LogP contribution in [0, 0.1) is 5.82 Å². The Morgan fingerprint density at radius 2 is 2.00 bits per heavy atom. The molecule has 1 aromatic carbocycles. The van der Waals surface area contributed by atoms with E-state index in [1.807, 2.05) is 0 Å². The van der Waals surface area contributed by atoms with Crippen LogP contribution in [0.3, 0.4) is 0 Å². The fourth-order valence-electron chi connectivity index (χ4n) is 2.63. The molecule has 3 rings (SSSR count). The molecule has 1 unspecified atom stereocenters. The van der Waals surface area contributed by atoms with Gasteiger partial charge in [-0.15, -0.1) is 0 Å². The molecule has 4 heteroatoms. The monoisotopic (exact) mass is 304 g/mol. The van der Waals surface area contributed by atoms with Crippen LogP contribution in [0.25, 0.3) is 0 Å². The Kier molecular flexibility index (Phi) is 4.68. The van der Waals surface area contributed by atoms with Crippen molar-refractivity contribution in [1.82, 2.24) is 4.90 Å². The number of benzene rings is 1. The first-order valence-corrected chi connectivity index (χ1v) is 8.43. The second-order valence-corrected chi connectivity index (χ2v) is 6.56. The van der Waals surface area contributed by atoms with Gasteiger partial charge in [-0.1, -0.05) is 12.1 Å². The highest BCUT2D eigenvalue weighted by Gasteiger charge is 2.29. The molecule has 0 aliphatic heterocycles. The van der Waals surface area contributed by atoms with Gasteiger partial charge in [0.25, 0.3) is 0 Å². The Morgan fingerprint density at radius 3 is 2.62 bits per heavy atom. The van der Waals surface area contributed by atoms with Crippen LogP contribution in [0.4, 0.5) is 4.39 Å². The van der Waals surface area contributed by atoms with Gasteiger partial charge in [0.05, 0.1) is 0 Å². The van der Waals surface area contributed by atoms with Crippen molar-refractivity contribution in [2.24, 2.45) is 5.73 Å². The van der Waals surface area contributed by atoms with E-state index in [2.05, 4.69) is 21.7 Å². The molecule has 1 aliphatic carbocycles. The van der Waals surface area contributed by atoms with E-state index in [9.17, 15) is 4.39 Å². The van der Waals surface area contributed by atoms with Crippen LogP contribution in [0.15, 0.2) is 41.1 Å². The molecule has 2 aromatic rings. The van der Waals surface area contributed by atoms with Crippen LogP contribution >= 0.6 is 11.3 Å². The van der Waals surface area contributed by atoms with Crippen molar-refractivity contribution >= 4 is 11.3 Å². The molecule has 1 aromatic heterocycles. The molecular weight excluding hydrogens is 283 g/mol. The van der Waals surface area contributed by atoms with E-state index in [-0.39, 0.29) is 11.9 Å². The predicted octanol–water partition coefficient (Wildman–Crippen LogP) is 3.94. The largest absolute Gasteiger partial charge is 0.324 e. The lowest BCUT2D eigenvalue weighted by Crippen LogP contribution is -2.29. The number of nitrogens with zero attached hydrogens (tertiary/aromatic N) is 1. The van der Waals surface area contributed by atoms with Crippen molar-refractivity contribution < 1.29 is 4.39 Å². The van der Waals surface area contributed by atoms with Crippen LogP contribution < -0.4 is 5.73 Å². The van der Waals surface area contributed by atoms with E-state index in [0.29, 0.717) is 0 Å². The highest BCUT2D eigenvalue weighted by molar-refractivity contribution is 7.07. The lowest BCUT2D eigenvalue weighted by molar-refractivity contribution is 0.245. The van der Waals surface area contributed by atoms with Crippen molar-refractivity contribution in [3.63, 3.8) is 0 Å². The maximum atomic E-state index is 12.9. The van der Waals surface area contributed by atoms with Crippen LogP contribution in [0.2, 0.25) is 0 Å². The molecule has 0 radical (unpaired) electrons. The Hall–Kier alpha value is -1.23. The summed E-state index contributed by atoms with van der Waals surface area (Å²) in [4.78, 5) is 2.53. The van der Waals surface area contributed by atoms with Gasteiger partial charge in [-0.05, 0) is 59.3 Å². The Labute approximate surface area is 129 Å². The molecule has 2 N–H and O–H groups in total. The molecule has 1 heterocycles. The Bertz CT molecular complexity index is 549. The van der Waals surface area contributed by atoms with Gasteiger partial charge in [-0.3, -0.25) is 4.90 Å². The predicted molar refractivity (Wildman–Crippen MR) is 85.7 cm³/mol. The first-order valence-electron chi connectivity index (χ1n) is 7.48. The van der Waals surface area contributed by atoms with Crippen molar-refractivity contribution in [2.75, 3.05) is 6.54 Å². The summed E-state index contributed by atoms with van der Waals surface area (Å²) in [5.74, 6) is -0.206. The molecule has 21 heavy (non-hydrogen) atoms. The molecule has 1 atom stereocenters. The van der Waals surface area contributed by atoms with Crippen molar-refractivity contribution in [1.29, 1.82) is 0 Å². The van der Waals surface area contributed by atoms with Crippen molar-refractivity contribution in [3.05, 3.63) is 58.0 Å². The molecule has 1 fully saturated rings. The van der Waals surface area contributed by atoms with Gasteiger partial charge >= 0.3 is 0 Å². The zero-order chi connectivity index (χ0) is 14.7. The average molecular weight is 304 g/mol. The van der Waals surface area contributed by atoms with Gasteiger partial charge in [0, 0.05) is 25.2 Å². The number of hydrogen-bond donors (Lipinski definition) is 1. The van der Waals surface area contributed by atoms with Crippen LogP contribution in [0.1, 0.15) is 36.4 Å². The van der Waals surface area contributed by atoms with E-state index in [1.165, 1.54) is 30.5 Å². The molecule has 1 aliphatic rings. The Balaban J connectivity index is 1.55. The number of rotatable bonds is 7. The van der Waals surface area contributed by atoms with Crippen molar-refractivity contribution in [2.45, 2.75) is 37.9 Å². The zero-order valence-corrected chi connectivity index (χ0v) is 12.9. The standard InChI is InChI=1S/C17H21FN2S/c18-15-3-1-14(2-4-15)17(19)7-9-20(16-5-6-16)11-13-8-10-21-12-13/h1-4,8,10,12,16-17H,5-7,9,11,19H2. The van der Waals surface area contributed by atoms with Crippen molar-refractivity contribution in [3.8, 4) is 0 Å². The lowest BCUT2D eigenvalue weighted by atomic mass is 10.0. The zero-order valence-electron chi connectivity index (χ0n) is 12.0. The summed E-state index contributed by atoms with van der Waals surface area (Å²) >= 11 is 1.75. The second kappa shape index (κ2) is 6.69. The second-order valence-electron chi connectivity index (χ2n) is 5.78. The van der Waals surface area contributed by atoms with E-state index < -0.39 is 0 Å². The van der Waals surface area contributed by atoms with E-state index >= 15 is 0 Å². The fraction of sp³-hybridized carbons (Fsp3) is 0.412. The minimum absolute atomic E-state index is 0.0191. The van der Waals surface area contributed by atoms with Gasteiger partial charge < -0.3 is 5.73 Å². The molecule has 1 saturated carbocycles. The molecule has 0 amide bonds. The molecule has 0 saturated heterocycles. The van der Waals surface area contributed by atoms with Gasteiger partial charge in [-0.25, -0.2) is 4.39 Å². The topological polar surface area (TPSA) is 29.3 Å². The maximum Gasteiger partial charge on any atom is 0.123 e. The first-order chi connectivity index (χ1) is 10.2. The maximum absolute atomic E-state index is 12.9. The highest BCUT2D eigenvalue weighted by Crippen LogP contribution is 2.29. The third kappa shape index (κ3) is 4.13. The molecular formula is C17H21FN2S. The van der Waals surface area contributed by atoms with E-state index in [4.69, 9.17) is 5.73 Å². The summed E-state index contributed by atoms with van der Waals surface area (Å²) < 4.78 is 12.9. The van der Waals surface area contributed by atoms with Crippen LogP contribution in [-0.4, -0.2) is 17.5 Å². The third-order valence-corrected chi connectivity index (χ3v) is 4.79. The molecule has 2 nitrogen and oxygen atoms in total. The Morgan fingerprint density at radius 1 is 1.24 bits per heavy atom. The summed E-state index contributed by atoms with van der Waals surface area (Å²) in [5, 5.41) is 4.35. The third-order valence-electron chi connectivity index (χ3n) is 4.05. The number of nitrogens with two attached hydrogens (primary N) is 1. The van der Waals surface area contributed by atoms with Gasteiger partial charge in [0.1, 0.15) is 5.82 Å². The number of halogens is 1. The highest BCUT2D eigenvalue weighted by atomic mass is 32.1. The minimum Gasteiger partial charge on any atom is -0.324 e. The van der Waals surface area contributed by atoms with Gasteiger partial charge in [0.2, 0.25) is 0 Å². The molecule has 0 spiro atoms. The molecule has 112 valence electrons. The molecule has 0 bridgehead atoms. The summed E-state index contributed by atoms with van der Waals surface area (Å²) in [6, 6.07) is 9.46. The SMILES string of the molecule is NC(CCN(Cc1ccsc1)C1CC1)c1ccc(F)cc1. The summed E-state index contributed by atoms with van der Waals surface area (Å²) in [5.41, 5.74) is 8.65. The van der Waals surface area contributed by atoms with E-state index in [0.717, 1.165) is 31.1 Å². The lowest BCUT2D eigenvalue weighted by Gasteiger charge is -2.23. The minimum atomic E-state index is -0.206. The van der Waals surface area contributed by atoms with Gasteiger partial charge in [0.15, 0.2) is 0 Å². The normalized spacial score (nSPS) is 16.3. The van der Waals surface area contributed by atoms with Crippen LogP contribution in [0.5, 0.6) is 0 Å². The smallest absolute Gasteiger partial charge is 0.123 e. The summed E-state index contributed by atoms with van der Waals surface area (Å²) in [7, 11) is 0. The van der Waals surface area contributed by atoms with Crippen LogP contribution in [-0.2, 0) is 6.54 Å². The fourth-order valence-corrected chi connectivity index (χ4v) is 3.29. The quantitative estimate of drug-likeness (QED) is 0.839. The average Bonchev–Trinajstić information content (AvgIpc) is 3.21. The number of hydrogen-bond acceptors (Lipinski definition) is 3. The van der Waals surface area contributed by atoms with Gasteiger partial charge in [-0.2, -0.15) is 11.3 Å². The summed E-state index contributed by atoms with van der Waals surface area (Å²) in [6.07, 6.45) is 3.51. The number of thiophene rings is 1. The van der Waals surface area contributed by atoms with E-state index in [1.54, 1.807) is 23.5 Å². The summed E-state index contributed by atoms with van der Waals surface area (Å²) in [6.45, 7) is 2.02. The first kappa shape index (κ1) is 14.7.